The van der Waals surface area contributed by atoms with E-state index in [0.29, 0.717) is 25.0 Å². The third-order valence-electron chi connectivity index (χ3n) is 1.87. The van der Waals surface area contributed by atoms with Crippen molar-refractivity contribution in [1.82, 2.24) is 10.6 Å². The van der Waals surface area contributed by atoms with Crippen molar-refractivity contribution in [2.24, 2.45) is 5.92 Å². The highest BCUT2D eigenvalue weighted by Crippen LogP contribution is 2.04. The minimum Gasteiger partial charge on any atom is -0.347 e. The lowest BCUT2D eigenvalue weighted by atomic mass is 10.0. The first-order valence-electron chi connectivity index (χ1n) is 4.96. The van der Waals surface area contributed by atoms with E-state index < -0.39 is 12.1 Å². The van der Waals surface area contributed by atoms with Gasteiger partial charge in [-0.05, 0) is 19.3 Å². The van der Waals surface area contributed by atoms with Crippen molar-refractivity contribution < 1.29 is 14.4 Å². The van der Waals surface area contributed by atoms with Crippen LogP contribution < -0.4 is 10.6 Å². The number of nitrogens with one attached hydrogen (secondary N) is 2. The first-order valence-corrected chi connectivity index (χ1v) is 4.96. The van der Waals surface area contributed by atoms with Crippen LogP contribution in [0.1, 0.15) is 27.2 Å². The highest BCUT2D eigenvalue weighted by Gasteiger charge is 2.19. The summed E-state index contributed by atoms with van der Waals surface area (Å²) in [6, 6.07) is -1.09. The molecule has 0 aliphatic carbocycles. The molecule has 5 nitrogen and oxygen atoms in total. The molecule has 0 spiro atoms. The van der Waals surface area contributed by atoms with Gasteiger partial charge in [-0.1, -0.05) is 13.8 Å². The van der Waals surface area contributed by atoms with Crippen LogP contribution in [0.15, 0.2) is 0 Å². The van der Waals surface area contributed by atoms with Crippen molar-refractivity contribution in [1.29, 1.82) is 0 Å². The lowest BCUT2D eigenvalue weighted by Crippen LogP contribution is -2.47. The second-order valence-corrected chi connectivity index (χ2v) is 3.90. The second kappa shape index (κ2) is 6.98. The molecule has 15 heavy (non-hydrogen) atoms. The van der Waals surface area contributed by atoms with Crippen LogP contribution >= 0.6 is 0 Å². The summed E-state index contributed by atoms with van der Waals surface area (Å²) in [5.41, 5.74) is 0. The molecule has 0 heterocycles. The molecule has 2 unspecified atom stereocenters. The van der Waals surface area contributed by atoms with E-state index in [4.69, 9.17) is 0 Å². The third kappa shape index (κ3) is 5.83. The Balaban J connectivity index is 4.27. The first kappa shape index (κ1) is 13.6. The predicted molar refractivity (Wildman–Crippen MR) is 56.1 cm³/mol. The summed E-state index contributed by atoms with van der Waals surface area (Å²) in [7, 11) is 0. The second-order valence-electron chi connectivity index (χ2n) is 3.90. The van der Waals surface area contributed by atoms with Crippen LogP contribution in [0.2, 0.25) is 0 Å². The Hall–Kier alpha value is -1.39. The first-order chi connectivity index (χ1) is 7.01. The molecule has 0 bridgehead atoms. The Morgan fingerprint density at radius 1 is 1.27 bits per heavy atom. The van der Waals surface area contributed by atoms with Crippen LogP contribution in [0.25, 0.3) is 0 Å². The highest BCUT2D eigenvalue weighted by molar-refractivity contribution is 5.85. The summed E-state index contributed by atoms with van der Waals surface area (Å²) in [6.07, 6.45) is 1.69. The standard InChI is InChI=1S/C10H18N2O3/c1-7(2)4-9(11-6-14)10(15)12-8(3)5-13/h5-9H,4H2,1-3H3,(H,11,14)(H,12,15). The van der Waals surface area contributed by atoms with Crippen LogP contribution in [0, 0.1) is 5.92 Å². The topological polar surface area (TPSA) is 75.3 Å². The summed E-state index contributed by atoms with van der Waals surface area (Å²) in [6.45, 7) is 5.49. The van der Waals surface area contributed by atoms with Crippen molar-refractivity contribution in [3.05, 3.63) is 0 Å². The molecule has 0 saturated heterocycles. The molecule has 0 rings (SSSR count). The molecule has 2 atom stereocenters. The van der Waals surface area contributed by atoms with E-state index in [1.807, 2.05) is 13.8 Å². The lowest BCUT2D eigenvalue weighted by Gasteiger charge is -2.18. The molecule has 5 heteroatoms. The summed E-state index contributed by atoms with van der Waals surface area (Å²) in [4.78, 5) is 32.2. The molecular formula is C10H18N2O3. The van der Waals surface area contributed by atoms with Crippen molar-refractivity contribution in [2.75, 3.05) is 0 Å². The minimum atomic E-state index is -0.565. The molecular weight excluding hydrogens is 196 g/mol. The van der Waals surface area contributed by atoms with Gasteiger partial charge in [0.1, 0.15) is 12.3 Å². The average Bonchev–Trinajstić information content (AvgIpc) is 2.16. The van der Waals surface area contributed by atoms with E-state index in [2.05, 4.69) is 10.6 Å². The number of amides is 2. The Kier molecular flexibility index (Phi) is 6.33. The smallest absolute Gasteiger partial charge is 0.243 e. The zero-order valence-corrected chi connectivity index (χ0v) is 9.32. The fraction of sp³-hybridized carbons (Fsp3) is 0.700. The van der Waals surface area contributed by atoms with Crippen molar-refractivity contribution in [3.63, 3.8) is 0 Å². The maximum Gasteiger partial charge on any atom is 0.243 e. The van der Waals surface area contributed by atoms with Gasteiger partial charge in [0.25, 0.3) is 0 Å². The molecule has 2 N–H and O–H groups in total. The molecule has 0 aromatic heterocycles. The number of carbonyl (C=O) groups excluding carboxylic acids is 3. The van der Waals surface area contributed by atoms with Gasteiger partial charge in [-0.25, -0.2) is 0 Å². The maximum atomic E-state index is 11.5. The molecule has 0 aliphatic rings. The van der Waals surface area contributed by atoms with Gasteiger partial charge in [0.15, 0.2) is 0 Å². The van der Waals surface area contributed by atoms with Crippen LogP contribution in [0.5, 0.6) is 0 Å². The van der Waals surface area contributed by atoms with E-state index in [1.54, 1.807) is 6.92 Å². The molecule has 0 aliphatic heterocycles. The number of aldehydes is 1. The largest absolute Gasteiger partial charge is 0.347 e. The van der Waals surface area contributed by atoms with Crippen molar-refractivity contribution in [3.8, 4) is 0 Å². The van der Waals surface area contributed by atoms with Gasteiger partial charge in [-0.3, -0.25) is 9.59 Å². The normalized spacial score (nSPS) is 14.1. The van der Waals surface area contributed by atoms with Gasteiger partial charge >= 0.3 is 0 Å². The lowest BCUT2D eigenvalue weighted by molar-refractivity contribution is -0.127. The van der Waals surface area contributed by atoms with Crippen LogP contribution in [-0.2, 0) is 14.4 Å². The van der Waals surface area contributed by atoms with Crippen LogP contribution in [0.3, 0.4) is 0 Å². The Morgan fingerprint density at radius 2 is 1.87 bits per heavy atom. The van der Waals surface area contributed by atoms with E-state index >= 15 is 0 Å². The fourth-order valence-corrected chi connectivity index (χ4v) is 1.16. The Morgan fingerprint density at radius 3 is 2.27 bits per heavy atom. The number of rotatable bonds is 7. The maximum absolute atomic E-state index is 11.5. The summed E-state index contributed by atoms with van der Waals surface area (Å²) in [5, 5.41) is 4.93. The van der Waals surface area contributed by atoms with Gasteiger partial charge in [0.2, 0.25) is 12.3 Å². The van der Waals surface area contributed by atoms with Crippen molar-refractivity contribution in [2.45, 2.75) is 39.3 Å². The van der Waals surface area contributed by atoms with Crippen LogP contribution in [0.4, 0.5) is 0 Å². The molecule has 0 saturated carbocycles. The molecule has 0 aromatic carbocycles. The quantitative estimate of drug-likeness (QED) is 0.579. The van der Waals surface area contributed by atoms with Gasteiger partial charge in [-0.2, -0.15) is 0 Å². The summed E-state index contributed by atoms with van der Waals surface area (Å²) >= 11 is 0. The van der Waals surface area contributed by atoms with Gasteiger partial charge in [-0.15, -0.1) is 0 Å². The van der Waals surface area contributed by atoms with E-state index in [0.717, 1.165) is 0 Å². The summed E-state index contributed by atoms with van der Waals surface area (Å²) in [5.74, 6) is -0.0323. The third-order valence-corrected chi connectivity index (χ3v) is 1.87. The molecule has 2 amide bonds. The summed E-state index contributed by atoms with van der Waals surface area (Å²) < 4.78 is 0. The van der Waals surface area contributed by atoms with Gasteiger partial charge in [0, 0.05) is 0 Å². The average molecular weight is 214 g/mol. The molecule has 0 radical (unpaired) electrons. The molecule has 0 fully saturated rings. The minimum absolute atomic E-state index is 0.291. The number of hydrogen-bond acceptors (Lipinski definition) is 3. The van der Waals surface area contributed by atoms with E-state index in [-0.39, 0.29) is 5.91 Å². The van der Waals surface area contributed by atoms with Crippen LogP contribution in [-0.4, -0.2) is 30.7 Å². The number of hydrogen-bond donors (Lipinski definition) is 2. The SMILES string of the molecule is CC(C)CC(NC=O)C(=O)NC(C)C=O. The van der Waals surface area contributed by atoms with E-state index in [1.165, 1.54) is 0 Å². The zero-order chi connectivity index (χ0) is 11.8. The van der Waals surface area contributed by atoms with Crippen molar-refractivity contribution >= 4 is 18.6 Å². The van der Waals surface area contributed by atoms with Gasteiger partial charge < -0.3 is 15.4 Å². The van der Waals surface area contributed by atoms with E-state index in [9.17, 15) is 14.4 Å². The van der Waals surface area contributed by atoms with Gasteiger partial charge in [0.05, 0.1) is 6.04 Å². The Labute approximate surface area is 89.6 Å². The monoisotopic (exact) mass is 214 g/mol. The Bertz CT molecular complexity index is 229. The fourth-order valence-electron chi connectivity index (χ4n) is 1.16. The predicted octanol–water partition coefficient (Wildman–Crippen LogP) is -0.149. The zero-order valence-electron chi connectivity index (χ0n) is 9.32. The highest BCUT2D eigenvalue weighted by atomic mass is 16.2. The molecule has 86 valence electrons. The molecule has 0 aromatic rings. The number of carbonyl (C=O) groups is 3.